The molecule has 1 saturated carbocycles. The SMILES string of the molecule is CCC1CCC(C(=O)NCCc2ccc(S(C)(=O)=O)cc2)CC1. The van der Waals surface area contributed by atoms with Crippen molar-refractivity contribution >= 4 is 15.7 Å². The number of sulfone groups is 1. The van der Waals surface area contributed by atoms with E-state index in [9.17, 15) is 13.2 Å². The van der Waals surface area contributed by atoms with E-state index in [1.165, 1.54) is 25.5 Å². The molecule has 0 aromatic heterocycles. The Morgan fingerprint density at radius 2 is 1.74 bits per heavy atom. The fourth-order valence-electron chi connectivity index (χ4n) is 3.21. The van der Waals surface area contributed by atoms with E-state index < -0.39 is 9.84 Å². The molecule has 0 radical (unpaired) electrons. The number of benzene rings is 1. The van der Waals surface area contributed by atoms with Gasteiger partial charge in [-0.15, -0.1) is 0 Å². The number of amides is 1. The van der Waals surface area contributed by atoms with Crippen LogP contribution in [0.4, 0.5) is 0 Å². The zero-order valence-corrected chi connectivity index (χ0v) is 14.9. The second-order valence-corrected chi connectivity index (χ2v) is 8.60. The predicted molar refractivity (Wildman–Crippen MR) is 92.0 cm³/mol. The predicted octanol–water partition coefficient (Wildman–Crippen LogP) is 2.97. The molecule has 1 aromatic carbocycles. The lowest BCUT2D eigenvalue weighted by Crippen LogP contribution is -2.34. The zero-order valence-electron chi connectivity index (χ0n) is 14.0. The fraction of sp³-hybridized carbons (Fsp3) is 0.611. The Balaban J connectivity index is 1.75. The Kier molecular flexibility index (Phi) is 6.22. The molecule has 0 heterocycles. The van der Waals surface area contributed by atoms with Gasteiger partial charge in [0.1, 0.15) is 0 Å². The van der Waals surface area contributed by atoms with Crippen LogP contribution in [-0.4, -0.2) is 27.1 Å². The number of nitrogens with one attached hydrogen (secondary N) is 1. The molecule has 1 N–H and O–H groups in total. The van der Waals surface area contributed by atoms with Crippen LogP contribution >= 0.6 is 0 Å². The molecule has 0 saturated heterocycles. The van der Waals surface area contributed by atoms with Crippen LogP contribution in [0.2, 0.25) is 0 Å². The summed E-state index contributed by atoms with van der Waals surface area (Å²) < 4.78 is 22.8. The average Bonchev–Trinajstić information content (AvgIpc) is 2.54. The normalized spacial score (nSPS) is 21.8. The highest BCUT2D eigenvalue weighted by molar-refractivity contribution is 7.90. The molecule has 1 aromatic rings. The van der Waals surface area contributed by atoms with Crippen molar-refractivity contribution in [1.82, 2.24) is 5.32 Å². The van der Waals surface area contributed by atoms with Gasteiger partial charge in [-0.1, -0.05) is 25.5 Å². The minimum atomic E-state index is -3.14. The molecule has 0 aliphatic heterocycles. The monoisotopic (exact) mass is 337 g/mol. The van der Waals surface area contributed by atoms with Crippen molar-refractivity contribution < 1.29 is 13.2 Å². The zero-order chi connectivity index (χ0) is 16.9. The molecule has 128 valence electrons. The van der Waals surface area contributed by atoms with Gasteiger partial charge in [-0.2, -0.15) is 0 Å². The highest BCUT2D eigenvalue weighted by Crippen LogP contribution is 2.30. The van der Waals surface area contributed by atoms with Gasteiger partial charge in [-0.25, -0.2) is 8.42 Å². The second kappa shape index (κ2) is 7.95. The second-order valence-electron chi connectivity index (χ2n) is 6.58. The van der Waals surface area contributed by atoms with Crippen LogP contribution < -0.4 is 5.32 Å². The Morgan fingerprint density at radius 1 is 1.13 bits per heavy atom. The standard InChI is InChI=1S/C18H27NO3S/c1-3-14-4-8-16(9-5-14)18(20)19-13-12-15-6-10-17(11-7-15)23(2,21)22/h6-7,10-11,14,16H,3-5,8-9,12-13H2,1-2H3,(H,19,20). The molecule has 4 nitrogen and oxygen atoms in total. The van der Waals surface area contributed by atoms with E-state index in [1.54, 1.807) is 12.1 Å². The molecule has 1 aliphatic carbocycles. The van der Waals surface area contributed by atoms with Crippen molar-refractivity contribution in [1.29, 1.82) is 0 Å². The van der Waals surface area contributed by atoms with Crippen LogP contribution in [0, 0.1) is 11.8 Å². The van der Waals surface area contributed by atoms with Crippen molar-refractivity contribution in [2.75, 3.05) is 12.8 Å². The van der Waals surface area contributed by atoms with Crippen molar-refractivity contribution in [3.63, 3.8) is 0 Å². The van der Waals surface area contributed by atoms with E-state index in [-0.39, 0.29) is 11.8 Å². The highest BCUT2D eigenvalue weighted by Gasteiger charge is 2.24. The third-order valence-electron chi connectivity index (χ3n) is 4.86. The van der Waals surface area contributed by atoms with E-state index in [0.29, 0.717) is 11.4 Å². The minimum Gasteiger partial charge on any atom is -0.356 e. The fourth-order valence-corrected chi connectivity index (χ4v) is 3.84. The van der Waals surface area contributed by atoms with Crippen molar-refractivity contribution in [2.24, 2.45) is 11.8 Å². The highest BCUT2D eigenvalue weighted by atomic mass is 32.2. The van der Waals surface area contributed by atoms with E-state index in [2.05, 4.69) is 12.2 Å². The maximum absolute atomic E-state index is 12.2. The summed E-state index contributed by atoms with van der Waals surface area (Å²) in [5, 5.41) is 3.02. The van der Waals surface area contributed by atoms with Crippen molar-refractivity contribution in [3.8, 4) is 0 Å². The Bertz CT molecular complexity index is 614. The molecule has 1 amide bonds. The first-order valence-electron chi connectivity index (χ1n) is 8.47. The summed E-state index contributed by atoms with van der Waals surface area (Å²) in [6, 6.07) is 6.88. The largest absolute Gasteiger partial charge is 0.356 e. The first-order chi connectivity index (χ1) is 10.9. The Labute approximate surface area is 139 Å². The van der Waals surface area contributed by atoms with Crippen LogP contribution in [0.3, 0.4) is 0 Å². The molecule has 0 atom stereocenters. The summed E-state index contributed by atoms with van der Waals surface area (Å²) >= 11 is 0. The first-order valence-corrected chi connectivity index (χ1v) is 10.4. The quantitative estimate of drug-likeness (QED) is 0.868. The van der Waals surface area contributed by atoms with Crippen molar-refractivity contribution in [2.45, 2.75) is 50.3 Å². The topological polar surface area (TPSA) is 63.2 Å². The van der Waals surface area contributed by atoms with Gasteiger partial charge < -0.3 is 5.32 Å². The average molecular weight is 337 g/mol. The van der Waals surface area contributed by atoms with Gasteiger partial charge in [-0.05, 0) is 55.7 Å². The van der Waals surface area contributed by atoms with Crippen molar-refractivity contribution in [3.05, 3.63) is 29.8 Å². The summed E-state index contributed by atoms with van der Waals surface area (Å²) in [6.07, 6.45) is 7.50. The molecule has 1 aliphatic rings. The molecular weight excluding hydrogens is 310 g/mol. The maximum atomic E-state index is 12.2. The van der Waals surface area contributed by atoms with Crippen LogP contribution in [0.1, 0.15) is 44.6 Å². The summed E-state index contributed by atoms with van der Waals surface area (Å²) in [5.41, 5.74) is 1.03. The van der Waals surface area contributed by atoms with E-state index in [0.717, 1.165) is 30.7 Å². The van der Waals surface area contributed by atoms with Gasteiger partial charge in [0.05, 0.1) is 4.90 Å². The molecule has 0 unspecified atom stereocenters. The number of carbonyl (C=O) groups excluding carboxylic acids is 1. The smallest absolute Gasteiger partial charge is 0.223 e. The van der Waals surface area contributed by atoms with Gasteiger partial charge in [-0.3, -0.25) is 4.79 Å². The lowest BCUT2D eigenvalue weighted by Gasteiger charge is -2.26. The summed E-state index contributed by atoms with van der Waals surface area (Å²) in [6.45, 7) is 2.82. The summed E-state index contributed by atoms with van der Waals surface area (Å²) in [4.78, 5) is 12.5. The third kappa shape index (κ3) is 5.34. The number of carbonyl (C=O) groups is 1. The lowest BCUT2D eigenvalue weighted by atomic mass is 9.80. The summed E-state index contributed by atoms with van der Waals surface area (Å²) in [7, 11) is -3.14. The van der Waals surface area contributed by atoms with Gasteiger partial charge in [0.15, 0.2) is 9.84 Å². The molecule has 0 bridgehead atoms. The van der Waals surface area contributed by atoms with Gasteiger partial charge in [0, 0.05) is 18.7 Å². The van der Waals surface area contributed by atoms with Crippen LogP contribution in [0.25, 0.3) is 0 Å². The molecule has 23 heavy (non-hydrogen) atoms. The number of hydrogen-bond donors (Lipinski definition) is 1. The van der Waals surface area contributed by atoms with E-state index in [4.69, 9.17) is 0 Å². The minimum absolute atomic E-state index is 0.172. The van der Waals surface area contributed by atoms with Crippen LogP contribution in [0.15, 0.2) is 29.2 Å². The molecule has 0 spiro atoms. The lowest BCUT2D eigenvalue weighted by molar-refractivity contribution is -0.126. The molecular formula is C18H27NO3S. The van der Waals surface area contributed by atoms with Gasteiger partial charge in [0.2, 0.25) is 5.91 Å². The summed E-state index contributed by atoms with van der Waals surface area (Å²) in [5.74, 6) is 1.14. The number of rotatable bonds is 6. The molecule has 1 fully saturated rings. The maximum Gasteiger partial charge on any atom is 0.223 e. The van der Waals surface area contributed by atoms with E-state index >= 15 is 0 Å². The molecule has 5 heteroatoms. The number of hydrogen-bond acceptors (Lipinski definition) is 3. The third-order valence-corrected chi connectivity index (χ3v) is 5.99. The van der Waals surface area contributed by atoms with Crippen LogP contribution in [0.5, 0.6) is 0 Å². The van der Waals surface area contributed by atoms with Gasteiger partial charge >= 0.3 is 0 Å². The van der Waals surface area contributed by atoms with Crippen LogP contribution in [-0.2, 0) is 21.1 Å². The van der Waals surface area contributed by atoms with E-state index in [1.807, 2.05) is 12.1 Å². The molecule has 2 rings (SSSR count). The van der Waals surface area contributed by atoms with Gasteiger partial charge in [0.25, 0.3) is 0 Å². The Hall–Kier alpha value is -1.36. The Morgan fingerprint density at radius 3 is 2.26 bits per heavy atom. The first kappa shape index (κ1) is 18.0.